The number of aromatic nitrogens is 1. The van der Waals surface area contributed by atoms with E-state index < -0.39 is 17.7 Å². The van der Waals surface area contributed by atoms with Crippen molar-refractivity contribution in [2.24, 2.45) is 0 Å². The van der Waals surface area contributed by atoms with Gasteiger partial charge in [-0.2, -0.15) is 0 Å². The number of carbonyl (C=O) groups is 2. The molecule has 0 aliphatic heterocycles. The summed E-state index contributed by atoms with van der Waals surface area (Å²) < 4.78 is 13.4. The number of amides is 1. The summed E-state index contributed by atoms with van der Waals surface area (Å²) in [7, 11) is 0. The summed E-state index contributed by atoms with van der Waals surface area (Å²) in [5.41, 5.74) is -0.0770. The Morgan fingerprint density at radius 3 is 2.52 bits per heavy atom. The molecule has 2 rings (SSSR count). The van der Waals surface area contributed by atoms with Crippen molar-refractivity contribution < 1.29 is 19.1 Å². The second kappa shape index (κ2) is 6.07. The van der Waals surface area contributed by atoms with Crippen LogP contribution in [0.25, 0.3) is 0 Å². The minimum Gasteiger partial charge on any atom is -0.478 e. The quantitative estimate of drug-likeness (QED) is 0.845. The van der Waals surface area contributed by atoms with Crippen LogP contribution in [0.4, 0.5) is 10.1 Å². The van der Waals surface area contributed by atoms with Gasteiger partial charge in [-0.1, -0.05) is 23.2 Å². The lowest BCUT2D eigenvalue weighted by molar-refractivity contribution is 0.0696. The maximum Gasteiger partial charge on any atom is 0.337 e. The molecule has 0 aliphatic rings. The lowest BCUT2D eigenvalue weighted by atomic mass is 10.2. The number of halogens is 3. The van der Waals surface area contributed by atoms with Crippen molar-refractivity contribution in [1.82, 2.24) is 4.98 Å². The third kappa shape index (κ3) is 3.48. The molecule has 1 aromatic heterocycles. The Balaban J connectivity index is 2.28. The zero-order valence-corrected chi connectivity index (χ0v) is 11.7. The van der Waals surface area contributed by atoms with Gasteiger partial charge in [0.15, 0.2) is 0 Å². The molecule has 21 heavy (non-hydrogen) atoms. The number of nitrogens with one attached hydrogen (secondary N) is 1. The van der Waals surface area contributed by atoms with Crippen LogP contribution in [0.2, 0.25) is 10.0 Å². The number of carboxylic acids is 1. The Morgan fingerprint density at radius 2 is 1.86 bits per heavy atom. The SMILES string of the molecule is O=C(O)c1cncc(NC(=O)c2cc(F)c(Cl)cc2Cl)c1. The third-order valence-electron chi connectivity index (χ3n) is 2.50. The van der Waals surface area contributed by atoms with E-state index in [-0.39, 0.29) is 26.9 Å². The smallest absolute Gasteiger partial charge is 0.337 e. The Morgan fingerprint density at radius 1 is 1.14 bits per heavy atom. The van der Waals surface area contributed by atoms with E-state index in [1.807, 2.05) is 0 Å². The Bertz CT molecular complexity index is 737. The molecule has 0 radical (unpaired) electrons. The van der Waals surface area contributed by atoms with E-state index in [2.05, 4.69) is 10.3 Å². The number of benzene rings is 1. The summed E-state index contributed by atoms with van der Waals surface area (Å²) >= 11 is 11.4. The fourth-order valence-electron chi connectivity index (χ4n) is 1.52. The molecule has 1 aromatic carbocycles. The number of carboxylic acid groups (broad SMARTS) is 1. The van der Waals surface area contributed by atoms with Gasteiger partial charge in [0.2, 0.25) is 0 Å². The van der Waals surface area contributed by atoms with Crippen LogP contribution in [0.15, 0.2) is 30.6 Å². The normalized spacial score (nSPS) is 10.2. The van der Waals surface area contributed by atoms with Crippen molar-refractivity contribution in [1.29, 1.82) is 0 Å². The number of rotatable bonds is 3. The average Bonchev–Trinajstić information content (AvgIpc) is 2.43. The van der Waals surface area contributed by atoms with Gasteiger partial charge in [0.1, 0.15) is 5.82 Å². The van der Waals surface area contributed by atoms with E-state index in [9.17, 15) is 14.0 Å². The number of nitrogens with zero attached hydrogens (tertiary/aromatic N) is 1. The van der Waals surface area contributed by atoms with Crippen molar-refractivity contribution in [3.63, 3.8) is 0 Å². The second-order valence-electron chi connectivity index (χ2n) is 3.97. The van der Waals surface area contributed by atoms with Crippen LogP contribution in [0, 0.1) is 5.82 Å². The number of hydrogen-bond acceptors (Lipinski definition) is 3. The van der Waals surface area contributed by atoms with Gasteiger partial charge in [-0.15, -0.1) is 0 Å². The van der Waals surface area contributed by atoms with Crippen LogP contribution in [0.1, 0.15) is 20.7 Å². The predicted octanol–water partition coefficient (Wildman–Crippen LogP) is 3.48. The first-order chi connectivity index (χ1) is 9.88. The summed E-state index contributed by atoms with van der Waals surface area (Å²) in [6.45, 7) is 0. The van der Waals surface area contributed by atoms with E-state index in [4.69, 9.17) is 28.3 Å². The number of aromatic carboxylic acids is 1. The average molecular weight is 329 g/mol. The van der Waals surface area contributed by atoms with Crippen LogP contribution < -0.4 is 5.32 Å². The summed E-state index contributed by atoms with van der Waals surface area (Å²) in [6.07, 6.45) is 2.39. The third-order valence-corrected chi connectivity index (χ3v) is 3.10. The van der Waals surface area contributed by atoms with Gasteiger partial charge in [0.05, 0.1) is 33.1 Å². The van der Waals surface area contributed by atoms with Crippen molar-refractivity contribution in [2.45, 2.75) is 0 Å². The van der Waals surface area contributed by atoms with Crippen LogP contribution >= 0.6 is 23.2 Å². The molecule has 0 saturated carbocycles. The largest absolute Gasteiger partial charge is 0.478 e. The fourth-order valence-corrected chi connectivity index (χ4v) is 1.99. The molecule has 1 amide bonds. The fraction of sp³-hybridized carbons (Fsp3) is 0. The lowest BCUT2D eigenvalue weighted by Crippen LogP contribution is -2.13. The maximum atomic E-state index is 13.4. The predicted molar refractivity (Wildman–Crippen MR) is 75.6 cm³/mol. The second-order valence-corrected chi connectivity index (χ2v) is 4.78. The standard InChI is InChI=1S/C13H7Cl2FN2O3/c14-9-3-10(15)11(16)2-8(9)12(19)18-7-1-6(13(20)21)4-17-5-7/h1-5H,(H,18,19)(H,20,21). The van der Waals surface area contributed by atoms with Gasteiger partial charge in [-0.05, 0) is 18.2 Å². The Labute approximate surface area is 128 Å². The Hall–Kier alpha value is -2.18. The highest BCUT2D eigenvalue weighted by Crippen LogP contribution is 2.25. The number of pyridine rings is 1. The Kier molecular flexibility index (Phi) is 4.40. The van der Waals surface area contributed by atoms with Crippen molar-refractivity contribution >= 4 is 40.8 Å². The molecular weight excluding hydrogens is 322 g/mol. The van der Waals surface area contributed by atoms with Gasteiger partial charge in [-0.25, -0.2) is 9.18 Å². The molecule has 0 bridgehead atoms. The summed E-state index contributed by atoms with van der Waals surface area (Å²) in [5.74, 6) is -2.68. The van der Waals surface area contributed by atoms with Crippen LogP contribution in [0.3, 0.4) is 0 Å². The molecule has 108 valence electrons. The van der Waals surface area contributed by atoms with Crippen molar-refractivity contribution in [2.75, 3.05) is 5.32 Å². The van der Waals surface area contributed by atoms with Gasteiger partial charge in [0, 0.05) is 6.20 Å². The maximum absolute atomic E-state index is 13.4. The highest BCUT2D eigenvalue weighted by atomic mass is 35.5. The van der Waals surface area contributed by atoms with Gasteiger partial charge in [0.25, 0.3) is 5.91 Å². The van der Waals surface area contributed by atoms with E-state index in [0.717, 1.165) is 18.3 Å². The number of carbonyl (C=O) groups excluding carboxylic acids is 1. The molecule has 0 saturated heterocycles. The van der Waals surface area contributed by atoms with Crippen LogP contribution in [-0.4, -0.2) is 22.0 Å². The summed E-state index contributed by atoms with van der Waals surface area (Å²) in [6, 6.07) is 3.22. The molecule has 0 spiro atoms. The molecule has 8 heteroatoms. The molecule has 2 N–H and O–H groups in total. The lowest BCUT2D eigenvalue weighted by Gasteiger charge is -2.08. The molecule has 1 heterocycles. The first kappa shape index (κ1) is 15.2. The highest BCUT2D eigenvalue weighted by molar-refractivity contribution is 6.37. The van der Waals surface area contributed by atoms with E-state index in [0.29, 0.717) is 0 Å². The van der Waals surface area contributed by atoms with Crippen LogP contribution in [-0.2, 0) is 0 Å². The van der Waals surface area contributed by atoms with E-state index in [1.54, 1.807) is 0 Å². The van der Waals surface area contributed by atoms with Crippen molar-refractivity contribution in [3.05, 3.63) is 57.6 Å². The first-order valence-electron chi connectivity index (χ1n) is 5.52. The topological polar surface area (TPSA) is 79.3 Å². The molecule has 0 atom stereocenters. The molecular formula is C13H7Cl2FN2O3. The molecule has 0 fully saturated rings. The molecule has 0 unspecified atom stereocenters. The zero-order valence-electron chi connectivity index (χ0n) is 10.2. The van der Waals surface area contributed by atoms with E-state index >= 15 is 0 Å². The molecule has 5 nitrogen and oxygen atoms in total. The highest BCUT2D eigenvalue weighted by Gasteiger charge is 2.15. The van der Waals surface area contributed by atoms with Crippen LogP contribution in [0.5, 0.6) is 0 Å². The summed E-state index contributed by atoms with van der Waals surface area (Å²) in [4.78, 5) is 26.5. The van der Waals surface area contributed by atoms with Gasteiger partial charge >= 0.3 is 5.97 Å². The first-order valence-corrected chi connectivity index (χ1v) is 6.28. The minimum absolute atomic E-state index is 0.0266. The van der Waals surface area contributed by atoms with Gasteiger partial charge in [-0.3, -0.25) is 9.78 Å². The van der Waals surface area contributed by atoms with Crippen molar-refractivity contribution in [3.8, 4) is 0 Å². The number of anilines is 1. The molecule has 0 aliphatic carbocycles. The van der Waals surface area contributed by atoms with Gasteiger partial charge < -0.3 is 10.4 Å². The molecule has 2 aromatic rings. The number of hydrogen-bond donors (Lipinski definition) is 2. The monoisotopic (exact) mass is 328 g/mol. The summed E-state index contributed by atoms with van der Waals surface area (Å²) in [5, 5.41) is 11.0. The van der Waals surface area contributed by atoms with E-state index in [1.165, 1.54) is 12.3 Å². The zero-order chi connectivity index (χ0) is 15.6. The minimum atomic E-state index is -1.19.